The lowest BCUT2D eigenvalue weighted by Crippen LogP contribution is -2.36. The van der Waals surface area contributed by atoms with Gasteiger partial charge >= 0.3 is 6.03 Å². The molecule has 2 amide bonds. The van der Waals surface area contributed by atoms with Gasteiger partial charge in [0.05, 0.1) is 18.8 Å². The van der Waals surface area contributed by atoms with Crippen LogP contribution in [0, 0.1) is 5.82 Å². The van der Waals surface area contributed by atoms with Crippen LogP contribution in [0.15, 0.2) is 35.0 Å². The lowest BCUT2D eigenvalue weighted by atomic mass is 10.2. The van der Waals surface area contributed by atoms with Gasteiger partial charge in [0.15, 0.2) is 5.58 Å². The highest BCUT2D eigenvalue weighted by molar-refractivity contribution is 5.80. The first-order valence-electron chi connectivity index (χ1n) is 7.04. The number of nitrogens with one attached hydrogen (secondary N) is 1. The van der Waals surface area contributed by atoms with E-state index in [2.05, 4.69) is 15.6 Å². The number of hydrogen-bond acceptors (Lipinski definition) is 4. The molecule has 1 N–H and O–H groups in total. The van der Waals surface area contributed by atoms with Gasteiger partial charge in [-0.2, -0.15) is 5.10 Å². The minimum absolute atomic E-state index is 0.155. The molecule has 0 aliphatic carbocycles. The number of fused-ring (bicyclic) bond motifs is 1. The fourth-order valence-electron chi connectivity index (χ4n) is 2.24. The maximum atomic E-state index is 13.3. The SMILES string of the molecule is CN(Cc1ccn(C)n1)C(=O)NCc1noc2ccc(F)cc12. The van der Waals surface area contributed by atoms with Crippen LogP contribution in [0.3, 0.4) is 0 Å². The van der Waals surface area contributed by atoms with Crippen molar-refractivity contribution in [3.63, 3.8) is 0 Å². The van der Waals surface area contributed by atoms with Crippen LogP contribution in [0.1, 0.15) is 11.4 Å². The molecule has 2 heterocycles. The van der Waals surface area contributed by atoms with Crippen molar-refractivity contribution in [1.82, 2.24) is 25.2 Å². The quantitative estimate of drug-likeness (QED) is 0.799. The summed E-state index contributed by atoms with van der Waals surface area (Å²) < 4.78 is 20.1. The lowest BCUT2D eigenvalue weighted by molar-refractivity contribution is 0.205. The van der Waals surface area contributed by atoms with Crippen LogP contribution >= 0.6 is 0 Å². The van der Waals surface area contributed by atoms with E-state index in [9.17, 15) is 9.18 Å². The third-order valence-electron chi connectivity index (χ3n) is 3.43. The molecular weight excluding hydrogens is 301 g/mol. The fraction of sp³-hybridized carbons (Fsp3) is 0.267. The van der Waals surface area contributed by atoms with E-state index in [-0.39, 0.29) is 18.4 Å². The van der Waals surface area contributed by atoms with E-state index >= 15 is 0 Å². The van der Waals surface area contributed by atoms with Gasteiger partial charge in [0.25, 0.3) is 0 Å². The molecule has 1 aromatic carbocycles. The second-order valence-corrected chi connectivity index (χ2v) is 5.27. The van der Waals surface area contributed by atoms with Crippen molar-refractivity contribution >= 4 is 17.0 Å². The van der Waals surface area contributed by atoms with Gasteiger partial charge in [-0.25, -0.2) is 9.18 Å². The van der Waals surface area contributed by atoms with Crippen molar-refractivity contribution in [2.75, 3.05) is 7.05 Å². The zero-order chi connectivity index (χ0) is 16.4. The minimum Gasteiger partial charge on any atom is -0.356 e. The summed E-state index contributed by atoms with van der Waals surface area (Å²) in [6.07, 6.45) is 1.82. The minimum atomic E-state index is -0.374. The first-order chi connectivity index (χ1) is 11.0. The third kappa shape index (κ3) is 3.31. The van der Waals surface area contributed by atoms with Gasteiger partial charge in [-0.1, -0.05) is 5.16 Å². The third-order valence-corrected chi connectivity index (χ3v) is 3.43. The molecule has 0 atom stereocenters. The van der Waals surface area contributed by atoms with E-state index in [0.717, 1.165) is 5.69 Å². The highest BCUT2D eigenvalue weighted by Gasteiger charge is 2.13. The van der Waals surface area contributed by atoms with Crippen molar-refractivity contribution in [2.45, 2.75) is 13.1 Å². The number of carbonyl (C=O) groups is 1. The zero-order valence-corrected chi connectivity index (χ0v) is 12.8. The molecule has 0 aliphatic rings. The summed E-state index contributed by atoms with van der Waals surface area (Å²) in [5.74, 6) is -0.374. The Labute approximate surface area is 131 Å². The molecule has 3 aromatic rings. The van der Waals surface area contributed by atoms with Crippen LogP contribution in [0.4, 0.5) is 9.18 Å². The summed E-state index contributed by atoms with van der Waals surface area (Å²) in [6, 6.07) is 5.72. The van der Waals surface area contributed by atoms with Crippen LogP contribution in [-0.2, 0) is 20.1 Å². The zero-order valence-electron chi connectivity index (χ0n) is 12.8. The number of halogens is 1. The Morgan fingerprint density at radius 3 is 3.00 bits per heavy atom. The van der Waals surface area contributed by atoms with Gasteiger partial charge < -0.3 is 14.7 Å². The van der Waals surface area contributed by atoms with Crippen molar-refractivity contribution in [3.8, 4) is 0 Å². The lowest BCUT2D eigenvalue weighted by Gasteiger charge is -2.16. The monoisotopic (exact) mass is 317 g/mol. The average molecular weight is 317 g/mol. The maximum Gasteiger partial charge on any atom is 0.317 e. The maximum absolute atomic E-state index is 13.3. The molecule has 2 aromatic heterocycles. The van der Waals surface area contributed by atoms with Gasteiger partial charge in [-0.05, 0) is 24.3 Å². The van der Waals surface area contributed by atoms with Crippen LogP contribution in [-0.4, -0.2) is 32.9 Å². The van der Waals surface area contributed by atoms with Crippen molar-refractivity contribution in [1.29, 1.82) is 0 Å². The summed E-state index contributed by atoms with van der Waals surface area (Å²) >= 11 is 0. The Morgan fingerprint density at radius 1 is 1.43 bits per heavy atom. The van der Waals surface area contributed by atoms with Crippen molar-refractivity contribution in [2.24, 2.45) is 7.05 Å². The van der Waals surface area contributed by atoms with Gasteiger partial charge in [-0.15, -0.1) is 0 Å². The Hall–Kier alpha value is -2.90. The molecule has 0 fully saturated rings. The number of benzene rings is 1. The average Bonchev–Trinajstić information content (AvgIpc) is 3.10. The van der Waals surface area contributed by atoms with E-state index in [4.69, 9.17) is 4.52 Å². The molecule has 7 nitrogen and oxygen atoms in total. The molecule has 0 saturated carbocycles. The summed E-state index contributed by atoms with van der Waals surface area (Å²) in [5, 5.41) is 11.4. The Bertz CT molecular complexity index is 841. The fourth-order valence-corrected chi connectivity index (χ4v) is 2.24. The normalized spacial score (nSPS) is 10.9. The van der Waals surface area contributed by atoms with E-state index < -0.39 is 0 Å². The molecule has 0 spiro atoms. The molecule has 0 aliphatic heterocycles. The predicted octanol–water partition coefficient (Wildman–Crippen LogP) is 2.04. The number of urea groups is 1. The second kappa shape index (κ2) is 6.07. The first kappa shape index (κ1) is 15.0. The molecule has 0 radical (unpaired) electrons. The smallest absolute Gasteiger partial charge is 0.317 e. The Balaban J connectivity index is 1.62. The summed E-state index contributed by atoms with van der Waals surface area (Å²) in [5.41, 5.74) is 1.76. The number of carbonyl (C=O) groups excluding carboxylic acids is 1. The Kier molecular flexibility index (Phi) is 3.96. The number of hydrogen-bond donors (Lipinski definition) is 1. The van der Waals surface area contributed by atoms with E-state index in [1.165, 1.54) is 23.1 Å². The van der Waals surface area contributed by atoms with Crippen molar-refractivity contribution < 1.29 is 13.7 Å². The van der Waals surface area contributed by atoms with Gasteiger partial charge in [0, 0.05) is 25.7 Å². The van der Waals surface area contributed by atoms with Crippen LogP contribution < -0.4 is 5.32 Å². The highest BCUT2D eigenvalue weighted by Crippen LogP contribution is 2.19. The van der Waals surface area contributed by atoms with Crippen LogP contribution in [0.5, 0.6) is 0 Å². The predicted molar refractivity (Wildman–Crippen MR) is 80.9 cm³/mol. The first-order valence-corrected chi connectivity index (χ1v) is 7.04. The molecular formula is C15H16FN5O2. The molecule has 0 saturated heterocycles. The molecule has 23 heavy (non-hydrogen) atoms. The number of aryl methyl sites for hydroxylation is 1. The molecule has 120 valence electrons. The second-order valence-electron chi connectivity index (χ2n) is 5.27. The van der Waals surface area contributed by atoms with E-state index in [1.54, 1.807) is 11.7 Å². The van der Waals surface area contributed by atoms with Crippen molar-refractivity contribution in [3.05, 3.63) is 47.7 Å². The number of aromatic nitrogens is 3. The van der Waals surface area contributed by atoms with Gasteiger partial charge in [0.2, 0.25) is 0 Å². The van der Waals surface area contributed by atoms with Crippen LogP contribution in [0.2, 0.25) is 0 Å². The number of amides is 2. The topological polar surface area (TPSA) is 76.2 Å². The van der Waals surface area contributed by atoms with Gasteiger partial charge in [-0.3, -0.25) is 4.68 Å². The standard InChI is InChI=1S/C15H16FN5O2/c1-20(9-11-5-6-21(2)18-11)15(22)17-8-13-12-7-10(16)3-4-14(12)23-19-13/h3-7H,8-9H2,1-2H3,(H,17,22). The molecule has 0 unspecified atom stereocenters. The molecule has 8 heteroatoms. The van der Waals surface area contributed by atoms with E-state index in [0.29, 0.717) is 23.2 Å². The highest BCUT2D eigenvalue weighted by atomic mass is 19.1. The summed E-state index contributed by atoms with van der Waals surface area (Å²) in [7, 11) is 3.49. The number of nitrogens with zero attached hydrogens (tertiary/aromatic N) is 4. The van der Waals surface area contributed by atoms with Crippen LogP contribution in [0.25, 0.3) is 11.0 Å². The van der Waals surface area contributed by atoms with E-state index in [1.807, 2.05) is 19.3 Å². The molecule has 0 bridgehead atoms. The summed E-state index contributed by atoms with van der Waals surface area (Å²) in [6.45, 7) is 0.544. The van der Waals surface area contributed by atoms with Gasteiger partial charge in [0.1, 0.15) is 11.5 Å². The largest absolute Gasteiger partial charge is 0.356 e. The summed E-state index contributed by atoms with van der Waals surface area (Å²) in [4.78, 5) is 13.6. The molecule has 3 rings (SSSR count). The number of rotatable bonds is 4. The Morgan fingerprint density at radius 2 is 2.26 bits per heavy atom.